The van der Waals surface area contributed by atoms with E-state index in [9.17, 15) is 0 Å². The van der Waals surface area contributed by atoms with Gasteiger partial charge in [0.2, 0.25) is 0 Å². The van der Waals surface area contributed by atoms with Gasteiger partial charge in [-0.2, -0.15) is 12.6 Å². The first-order valence-electron chi connectivity index (χ1n) is 18.6. The quantitative estimate of drug-likeness (QED) is 0.0381. The molecule has 0 aliphatic heterocycles. The standard InChI is InChI=1S/C44H60S2/c1-4-6-8-10-12-14-16-18-20-35-22-24-37-30-39(43(34-45)32-41(37)28-35)26-27-40-31-38-25-23-36(29-42(38)33-44(40)46-3)21-19-17-15-13-11-9-7-5-2/h22-33,45H,4-21,34H2,1-3H3/b27-26+. The van der Waals surface area contributed by atoms with E-state index in [1.165, 1.54) is 170 Å². The Morgan fingerprint density at radius 2 is 0.957 bits per heavy atom. The van der Waals surface area contributed by atoms with E-state index in [4.69, 9.17) is 12.6 Å². The Morgan fingerprint density at radius 3 is 1.46 bits per heavy atom. The zero-order valence-electron chi connectivity index (χ0n) is 29.2. The molecule has 4 aromatic carbocycles. The molecule has 0 N–H and O–H groups in total. The number of thiol groups is 1. The normalized spacial score (nSPS) is 11.8. The molecule has 2 heteroatoms. The highest BCUT2D eigenvalue weighted by atomic mass is 32.2. The smallest absolute Gasteiger partial charge is 0.0160 e. The molecule has 0 fully saturated rings. The van der Waals surface area contributed by atoms with Gasteiger partial charge in [-0.3, -0.25) is 0 Å². The Hall–Kier alpha value is -2.16. The Bertz CT molecular complexity index is 1380. The van der Waals surface area contributed by atoms with Gasteiger partial charge in [-0.15, -0.1) is 11.8 Å². The Morgan fingerprint density at radius 1 is 0.500 bits per heavy atom. The number of fused-ring (bicyclic) bond motifs is 2. The van der Waals surface area contributed by atoms with Crippen LogP contribution in [0, 0.1) is 0 Å². The second kappa shape index (κ2) is 20.9. The number of hydrogen-bond donors (Lipinski definition) is 1. The van der Waals surface area contributed by atoms with Crippen molar-refractivity contribution >= 4 is 58.1 Å². The summed E-state index contributed by atoms with van der Waals surface area (Å²) >= 11 is 6.58. The van der Waals surface area contributed by atoms with E-state index in [0.717, 1.165) is 5.75 Å². The maximum atomic E-state index is 4.73. The first-order valence-corrected chi connectivity index (χ1v) is 20.5. The van der Waals surface area contributed by atoms with Crippen molar-refractivity contribution in [1.29, 1.82) is 0 Å². The summed E-state index contributed by atoms with van der Waals surface area (Å²) in [4.78, 5) is 1.34. The van der Waals surface area contributed by atoms with Gasteiger partial charge < -0.3 is 0 Å². The molecule has 0 heterocycles. The molecule has 0 atom stereocenters. The zero-order chi connectivity index (χ0) is 32.4. The second-order valence-corrected chi connectivity index (χ2v) is 14.6. The van der Waals surface area contributed by atoms with Gasteiger partial charge in [-0.05, 0) is 106 Å². The molecule has 0 saturated carbocycles. The minimum absolute atomic E-state index is 0.743. The Labute approximate surface area is 291 Å². The van der Waals surface area contributed by atoms with Crippen LogP contribution < -0.4 is 0 Å². The van der Waals surface area contributed by atoms with Crippen molar-refractivity contribution < 1.29 is 0 Å². The molecular weight excluding hydrogens is 593 g/mol. The van der Waals surface area contributed by atoms with Crippen LogP contribution in [0.25, 0.3) is 33.7 Å². The summed E-state index contributed by atoms with van der Waals surface area (Å²) in [5.74, 6) is 0.743. The van der Waals surface area contributed by atoms with Crippen LogP contribution in [-0.4, -0.2) is 6.26 Å². The van der Waals surface area contributed by atoms with E-state index in [1.807, 2.05) is 11.8 Å². The van der Waals surface area contributed by atoms with Crippen LogP contribution in [0.1, 0.15) is 144 Å². The number of rotatable bonds is 22. The summed E-state index contributed by atoms with van der Waals surface area (Å²) in [6.45, 7) is 4.58. The molecule has 0 bridgehead atoms. The fourth-order valence-electron chi connectivity index (χ4n) is 6.77. The Balaban J connectivity index is 1.37. The lowest BCUT2D eigenvalue weighted by molar-refractivity contribution is 0.575. The van der Waals surface area contributed by atoms with Crippen molar-refractivity contribution in [2.75, 3.05) is 6.26 Å². The van der Waals surface area contributed by atoms with E-state index >= 15 is 0 Å². The van der Waals surface area contributed by atoms with Crippen LogP contribution in [-0.2, 0) is 18.6 Å². The molecule has 0 spiro atoms. The van der Waals surface area contributed by atoms with Crippen LogP contribution in [0.4, 0.5) is 0 Å². The zero-order valence-corrected chi connectivity index (χ0v) is 30.9. The number of hydrogen-bond acceptors (Lipinski definition) is 2. The monoisotopic (exact) mass is 652 g/mol. The van der Waals surface area contributed by atoms with Crippen LogP contribution in [0.5, 0.6) is 0 Å². The van der Waals surface area contributed by atoms with Gasteiger partial charge in [-0.25, -0.2) is 0 Å². The molecule has 0 aliphatic carbocycles. The van der Waals surface area contributed by atoms with Crippen molar-refractivity contribution in [2.24, 2.45) is 0 Å². The predicted molar refractivity (Wildman–Crippen MR) is 214 cm³/mol. The maximum Gasteiger partial charge on any atom is 0.0160 e. The molecular formula is C44H60S2. The molecule has 46 heavy (non-hydrogen) atoms. The van der Waals surface area contributed by atoms with Crippen molar-refractivity contribution in [3.05, 3.63) is 88.5 Å². The minimum atomic E-state index is 0.743. The molecule has 0 aliphatic rings. The number of unbranched alkanes of at least 4 members (excludes halogenated alkanes) is 14. The molecule has 0 radical (unpaired) electrons. The lowest BCUT2D eigenvalue weighted by Crippen LogP contribution is -1.90. The van der Waals surface area contributed by atoms with E-state index in [0.29, 0.717) is 0 Å². The highest BCUT2D eigenvalue weighted by Gasteiger charge is 2.07. The highest BCUT2D eigenvalue weighted by molar-refractivity contribution is 7.98. The largest absolute Gasteiger partial charge is 0.175 e. The SMILES string of the molecule is CCCCCCCCCCc1ccc2cc(/C=C/c3cc4ccc(CCCCCCCCCC)cc4cc3SC)c(CS)cc2c1. The van der Waals surface area contributed by atoms with E-state index in [-0.39, 0.29) is 0 Å². The lowest BCUT2D eigenvalue weighted by atomic mass is 9.97. The summed E-state index contributed by atoms with van der Waals surface area (Å²) in [7, 11) is 0. The maximum absolute atomic E-state index is 4.73. The highest BCUT2D eigenvalue weighted by Crippen LogP contribution is 2.31. The lowest BCUT2D eigenvalue weighted by Gasteiger charge is -2.11. The van der Waals surface area contributed by atoms with Crippen molar-refractivity contribution in [1.82, 2.24) is 0 Å². The van der Waals surface area contributed by atoms with Gasteiger partial charge in [0, 0.05) is 10.6 Å². The van der Waals surface area contributed by atoms with Crippen LogP contribution in [0.15, 0.2) is 65.6 Å². The van der Waals surface area contributed by atoms with Crippen molar-refractivity contribution in [3.8, 4) is 0 Å². The summed E-state index contributed by atoms with van der Waals surface area (Å²) in [6, 6.07) is 23.7. The van der Waals surface area contributed by atoms with Crippen LogP contribution in [0.2, 0.25) is 0 Å². The molecule has 0 aromatic heterocycles. The molecule has 4 rings (SSSR count). The molecule has 0 unspecified atom stereocenters. The van der Waals surface area contributed by atoms with E-state index < -0.39 is 0 Å². The first-order chi connectivity index (χ1) is 22.6. The number of benzene rings is 4. The third kappa shape index (κ3) is 11.8. The molecule has 248 valence electrons. The molecule has 0 nitrogen and oxygen atoms in total. The van der Waals surface area contributed by atoms with E-state index in [1.54, 1.807) is 0 Å². The van der Waals surface area contributed by atoms with Crippen LogP contribution >= 0.6 is 24.4 Å². The molecule has 0 saturated heterocycles. The fourth-order valence-corrected chi connectivity index (χ4v) is 7.65. The topological polar surface area (TPSA) is 0 Å². The average molecular weight is 653 g/mol. The summed E-state index contributed by atoms with van der Waals surface area (Å²) in [5, 5.41) is 5.35. The van der Waals surface area contributed by atoms with Gasteiger partial charge in [0.1, 0.15) is 0 Å². The van der Waals surface area contributed by atoms with Crippen molar-refractivity contribution in [2.45, 2.75) is 140 Å². The van der Waals surface area contributed by atoms with Crippen LogP contribution in [0.3, 0.4) is 0 Å². The number of thioether (sulfide) groups is 1. The van der Waals surface area contributed by atoms with Gasteiger partial charge in [0.15, 0.2) is 0 Å². The van der Waals surface area contributed by atoms with Gasteiger partial charge in [0.25, 0.3) is 0 Å². The molecule has 0 amide bonds. The minimum Gasteiger partial charge on any atom is -0.175 e. The summed E-state index contributed by atoms with van der Waals surface area (Å²) in [5.41, 5.74) is 6.80. The number of aryl methyl sites for hydroxylation is 2. The fraction of sp³-hybridized carbons (Fsp3) is 0.500. The second-order valence-electron chi connectivity index (χ2n) is 13.4. The Kier molecular flexibility index (Phi) is 16.7. The van der Waals surface area contributed by atoms with Gasteiger partial charge in [0.05, 0.1) is 0 Å². The van der Waals surface area contributed by atoms with Crippen molar-refractivity contribution in [3.63, 3.8) is 0 Å². The van der Waals surface area contributed by atoms with E-state index in [2.05, 4.69) is 92.9 Å². The first kappa shape index (κ1) is 36.7. The third-order valence-electron chi connectivity index (χ3n) is 9.67. The third-order valence-corrected chi connectivity index (χ3v) is 10.8. The van der Waals surface area contributed by atoms with Gasteiger partial charge in [-0.1, -0.05) is 152 Å². The van der Waals surface area contributed by atoms with Gasteiger partial charge >= 0.3 is 0 Å². The summed E-state index contributed by atoms with van der Waals surface area (Å²) in [6.07, 6.45) is 31.2. The predicted octanol–water partition coefficient (Wildman–Crippen LogP) is 14.7. The molecule has 4 aromatic rings. The average Bonchev–Trinajstić information content (AvgIpc) is 3.08. The summed E-state index contributed by atoms with van der Waals surface area (Å²) < 4.78 is 0.